The van der Waals surface area contributed by atoms with Gasteiger partial charge in [-0.3, -0.25) is 0 Å². The van der Waals surface area contributed by atoms with Gasteiger partial charge in [0, 0.05) is 25.5 Å². The normalized spacial score (nSPS) is 10.2. The average Bonchev–Trinajstić information content (AvgIpc) is 2.74. The van der Waals surface area contributed by atoms with Gasteiger partial charge in [0.1, 0.15) is 0 Å². The minimum atomic E-state index is 1.14. The summed E-state index contributed by atoms with van der Waals surface area (Å²) in [5, 5.41) is 6.59. The van der Waals surface area contributed by atoms with E-state index < -0.39 is 0 Å². The van der Waals surface area contributed by atoms with Crippen LogP contribution in [0.3, 0.4) is 0 Å². The minimum absolute atomic E-state index is 1.14. The third-order valence-electron chi connectivity index (χ3n) is 2.66. The molecule has 0 unspecified atom stereocenters. The molecule has 2 nitrogen and oxygen atoms in total. The third-order valence-corrected chi connectivity index (χ3v) is 3.75. The molecule has 1 aromatic heterocycles. The van der Waals surface area contributed by atoms with Gasteiger partial charge in [-0.25, -0.2) is 0 Å². The molecule has 1 N–H and O–H groups in total. The van der Waals surface area contributed by atoms with E-state index in [1.807, 2.05) is 7.05 Å². The first-order valence-corrected chi connectivity index (χ1v) is 6.16. The van der Waals surface area contributed by atoms with Gasteiger partial charge >= 0.3 is 0 Å². The first-order chi connectivity index (χ1) is 7.72. The highest BCUT2D eigenvalue weighted by Crippen LogP contribution is 2.32. The van der Waals surface area contributed by atoms with Crippen LogP contribution < -0.4 is 10.2 Å². The van der Waals surface area contributed by atoms with E-state index in [2.05, 4.69) is 59.9 Å². The molecule has 0 atom stereocenters. The van der Waals surface area contributed by atoms with Gasteiger partial charge in [-0.15, -0.1) is 11.3 Å². The smallest absolute Gasteiger partial charge is 0.0980 e. The Morgan fingerprint density at radius 2 is 2.06 bits per heavy atom. The Hall–Kier alpha value is -1.48. The molecule has 84 valence electrons. The Morgan fingerprint density at radius 3 is 2.69 bits per heavy atom. The van der Waals surface area contributed by atoms with Gasteiger partial charge in [-0.05, 0) is 42.1 Å². The van der Waals surface area contributed by atoms with Crippen LogP contribution in [0.25, 0.3) is 0 Å². The van der Waals surface area contributed by atoms with Gasteiger partial charge in [0.05, 0.1) is 5.00 Å². The quantitative estimate of drug-likeness (QED) is 0.864. The van der Waals surface area contributed by atoms with Crippen molar-refractivity contribution in [3.05, 3.63) is 41.3 Å². The second kappa shape index (κ2) is 4.58. The van der Waals surface area contributed by atoms with Crippen molar-refractivity contribution in [2.45, 2.75) is 6.92 Å². The van der Waals surface area contributed by atoms with E-state index in [1.54, 1.807) is 11.3 Å². The summed E-state index contributed by atoms with van der Waals surface area (Å²) >= 11 is 1.77. The zero-order valence-electron chi connectivity index (χ0n) is 9.82. The van der Waals surface area contributed by atoms with E-state index >= 15 is 0 Å². The van der Waals surface area contributed by atoms with Crippen molar-refractivity contribution < 1.29 is 0 Å². The fourth-order valence-electron chi connectivity index (χ4n) is 1.70. The maximum Gasteiger partial charge on any atom is 0.0980 e. The molecule has 0 saturated heterocycles. The largest absolute Gasteiger partial charge is 0.388 e. The van der Waals surface area contributed by atoms with Crippen LogP contribution in [0.2, 0.25) is 0 Å². The predicted molar refractivity (Wildman–Crippen MR) is 73.1 cm³/mol. The highest BCUT2D eigenvalue weighted by atomic mass is 32.1. The van der Waals surface area contributed by atoms with Gasteiger partial charge in [0.2, 0.25) is 0 Å². The number of hydrogen-bond donors (Lipinski definition) is 1. The van der Waals surface area contributed by atoms with E-state index in [0.29, 0.717) is 0 Å². The molecule has 3 heteroatoms. The maximum absolute atomic E-state index is 3.16. The number of nitrogens with zero attached hydrogens (tertiary/aromatic N) is 1. The molecule has 0 aliphatic heterocycles. The molecule has 1 aromatic carbocycles. The fraction of sp³-hybridized carbons (Fsp3) is 0.231. The summed E-state index contributed by atoms with van der Waals surface area (Å²) in [6, 6.07) is 10.6. The van der Waals surface area contributed by atoms with Gasteiger partial charge in [-0.1, -0.05) is 6.07 Å². The van der Waals surface area contributed by atoms with Gasteiger partial charge in [0.25, 0.3) is 0 Å². The number of benzene rings is 1. The Morgan fingerprint density at radius 1 is 1.25 bits per heavy atom. The Bertz CT molecular complexity index is 476. The summed E-state index contributed by atoms with van der Waals surface area (Å²) in [6.07, 6.45) is 0. The number of hydrogen-bond acceptors (Lipinski definition) is 3. The lowest BCUT2D eigenvalue weighted by Gasteiger charge is -2.19. The van der Waals surface area contributed by atoms with Crippen molar-refractivity contribution in [1.29, 1.82) is 0 Å². The number of rotatable bonds is 3. The summed E-state index contributed by atoms with van der Waals surface area (Å²) in [5.74, 6) is 0. The Labute approximate surface area is 101 Å². The fourth-order valence-corrected chi connectivity index (χ4v) is 2.61. The molecule has 2 aromatic rings. The van der Waals surface area contributed by atoms with Gasteiger partial charge in [0.15, 0.2) is 0 Å². The van der Waals surface area contributed by atoms with Crippen LogP contribution in [-0.2, 0) is 0 Å². The molecule has 2 rings (SSSR count). The van der Waals surface area contributed by atoms with Crippen LogP contribution >= 0.6 is 11.3 Å². The van der Waals surface area contributed by atoms with Crippen molar-refractivity contribution in [3.63, 3.8) is 0 Å². The van der Waals surface area contributed by atoms with Crippen molar-refractivity contribution in [2.75, 3.05) is 24.3 Å². The molecule has 0 aliphatic carbocycles. The molecule has 0 radical (unpaired) electrons. The van der Waals surface area contributed by atoms with Crippen LogP contribution in [0.4, 0.5) is 16.4 Å². The number of thiophene rings is 1. The zero-order valence-corrected chi connectivity index (χ0v) is 10.6. The van der Waals surface area contributed by atoms with E-state index in [9.17, 15) is 0 Å². The standard InChI is InChI=1S/C13H16N2S/c1-10-7-8-16-13(10)15(3)12-6-4-5-11(9-12)14-2/h4-9,14H,1-3H3. The zero-order chi connectivity index (χ0) is 11.5. The van der Waals surface area contributed by atoms with Crippen molar-refractivity contribution in [2.24, 2.45) is 0 Å². The predicted octanol–water partition coefficient (Wildman–Crippen LogP) is 3.87. The van der Waals surface area contributed by atoms with Crippen LogP contribution in [0.5, 0.6) is 0 Å². The molecule has 1 heterocycles. The summed E-state index contributed by atoms with van der Waals surface area (Å²) in [4.78, 5) is 2.22. The summed E-state index contributed by atoms with van der Waals surface area (Å²) in [7, 11) is 4.04. The lowest BCUT2D eigenvalue weighted by Crippen LogP contribution is -2.08. The molecule has 0 bridgehead atoms. The minimum Gasteiger partial charge on any atom is -0.388 e. The summed E-state index contributed by atoms with van der Waals surface area (Å²) in [5.41, 5.74) is 3.67. The highest BCUT2D eigenvalue weighted by molar-refractivity contribution is 7.14. The van der Waals surface area contributed by atoms with Crippen molar-refractivity contribution in [1.82, 2.24) is 0 Å². The van der Waals surface area contributed by atoms with Crippen LogP contribution in [0.15, 0.2) is 35.7 Å². The highest BCUT2D eigenvalue weighted by Gasteiger charge is 2.08. The van der Waals surface area contributed by atoms with E-state index in [4.69, 9.17) is 0 Å². The lowest BCUT2D eigenvalue weighted by molar-refractivity contribution is 1.22. The SMILES string of the molecule is CNc1cccc(N(C)c2sccc2C)c1. The van der Waals surface area contributed by atoms with Crippen LogP contribution in [0, 0.1) is 6.92 Å². The monoisotopic (exact) mass is 232 g/mol. The summed E-state index contributed by atoms with van der Waals surface area (Å²) < 4.78 is 0. The van der Waals surface area contributed by atoms with Gasteiger partial charge in [-0.2, -0.15) is 0 Å². The molecule has 16 heavy (non-hydrogen) atoms. The first-order valence-electron chi connectivity index (χ1n) is 5.28. The molecule has 0 saturated carbocycles. The van der Waals surface area contributed by atoms with E-state index in [1.165, 1.54) is 16.3 Å². The Balaban J connectivity index is 2.33. The lowest BCUT2D eigenvalue weighted by atomic mass is 10.2. The van der Waals surface area contributed by atoms with E-state index in [0.717, 1.165) is 5.69 Å². The third kappa shape index (κ3) is 2.04. The summed E-state index contributed by atoms with van der Waals surface area (Å²) in [6.45, 7) is 2.14. The molecule has 0 fully saturated rings. The Kier molecular flexibility index (Phi) is 3.15. The first kappa shape index (κ1) is 11.0. The van der Waals surface area contributed by atoms with E-state index in [-0.39, 0.29) is 0 Å². The topological polar surface area (TPSA) is 15.3 Å². The van der Waals surface area contributed by atoms with Gasteiger partial charge < -0.3 is 10.2 Å². The molecule has 0 amide bonds. The molecular weight excluding hydrogens is 216 g/mol. The second-order valence-corrected chi connectivity index (χ2v) is 4.66. The van der Waals surface area contributed by atoms with Crippen molar-refractivity contribution in [3.8, 4) is 0 Å². The number of nitrogens with one attached hydrogen (secondary N) is 1. The number of aryl methyl sites for hydroxylation is 1. The van der Waals surface area contributed by atoms with Crippen LogP contribution in [0.1, 0.15) is 5.56 Å². The molecular formula is C13H16N2S. The molecule has 0 aliphatic rings. The number of anilines is 3. The van der Waals surface area contributed by atoms with Crippen molar-refractivity contribution >= 4 is 27.7 Å². The average molecular weight is 232 g/mol. The second-order valence-electron chi connectivity index (χ2n) is 3.77. The van der Waals surface area contributed by atoms with Crippen LogP contribution in [-0.4, -0.2) is 14.1 Å². The molecule has 0 spiro atoms. The maximum atomic E-state index is 3.16.